The van der Waals surface area contributed by atoms with Gasteiger partial charge in [0.05, 0.1) is 18.5 Å². The van der Waals surface area contributed by atoms with E-state index in [1.54, 1.807) is 12.1 Å². The fourth-order valence-electron chi connectivity index (χ4n) is 4.86. The SMILES string of the molecule is Cc1ccc(-c2noc(CN3CCN(C(=O)c4ccc5c(c4)CC(C)N5S(C)(=O)=O)CC3)n2)cc1. The lowest BCUT2D eigenvalue weighted by molar-refractivity contribution is 0.0615. The van der Waals surface area contributed by atoms with Crippen molar-refractivity contribution in [1.29, 1.82) is 0 Å². The summed E-state index contributed by atoms with van der Waals surface area (Å²) in [5.74, 6) is 1.11. The zero-order valence-corrected chi connectivity index (χ0v) is 21.0. The van der Waals surface area contributed by atoms with Crippen LogP contribution in [0.15, 0.2) is 47.0 Å². The van der Waals surface area contributed by atoms with Crippen molar-refractivity contribution in [2.24, 2.45) is 0 Å². The molecule has 0 bridgehead atoms. The van der Waals surface area contributed by atoms with Crippen LogP contribution in [0.2, 0.25) is 0 Å². The normalized spacial score (nSPS) is 18.7. The quantitative estimate of drug-likeness (QED) is 0.537. The summed E-state index contributed by atoms with van der Waals surface area (Å²) in [6, 6.07) is 13.2. The van der Waals surface area contributed by atoms with Gasteiger partial charge in [0.1, 0.15) is 0 Å². The summed E-state index contributed by atoms with van der Waals surface area (Å²) < 4.78 is 31.2. The Morgan fingerprint density at radius 2 is 1.80 bits per heavy atom. The first-order valence-corrected chi connectivity index (χ1v) is 13.6. The molecule has 0 N–H and O–H groups in total. The molecule has 0 saturated carbocycles. The number of sulfonamides is 1. The molecule has 9 nitrogen and oxygen atoms in total. The minimum atomic E-state index is -3.35. The number of rotatable bonds is 5. The van der Waals surface area contributed by atoms with Crippen LogP contribution in [0.5, 0.6) is 0 Å². The van der Waals surface area contributed by atoms with Crippen molar-refractivity contribution in [1.82, 2.24) is 19.9 Å². The fourth-order valence-corrected chi connectivity index (χ4v) is 6.13. The number of aryl methyl sites for hydroxylation is 1. The smallest absolute Gasteiger partial charge is 0.253 e. The van der Waals surface area contributed by atoms with E-state index < -0.39 is 10.0 Å². The van der Waals surface area contributed by atoms with Crippen molar-refractivity contribution in [2.45, 2.75) is 32.9 Å². The van der Waals surface area contributed by atoms with E-state index in [1.807, 2.05) is 49.1 Å². The third-order valence-corrected chi connectivity index (χ3v) is 7.90. The van der Waals surface area contributed by atoms with E-state index in [0.29, 0.717) is 62.1 Å². The summed E-state index contributed by atoms with van der Waals surface area (Å²) in [7, 11) is -3.35. The topological polar surface area (TPSA) is 99.9 Å². The Bertz CT molecular complexity index is 1340. The van der Waals surface area contributed by atoms with Crippen LogP contribution in [-0.4, -0.2) is 72.7 Å². The number of carbonyl (C=O) groups excluding carboxylic acids is 1. The molecule has 2 aromatic carbocycles. The molecule has 3 aromatic rings. The second kappa shape index (κ2) is 9.09. The number of fused-ring (bicyclic) bond motifs is 1. The molecule has 2 aliphatic heterocycles. The first kappa shape index (κ1) is 23.5. The number of hydrogen-bond acceptors (Lipinski definition) is 7. The Balaban J connectivity index is 1.19. The van der Waals surface area contributed by atoms with Crippen molar-refractivity contribution >= 4 is 21.6 Å². The van der Waals surface area contributed by atoms with Crippen molar-refractivity contribution in [3.8, 4) is 11.4 Å². The second-order valence-corrected chi connectivity index (χ2v) is 11.3. The van der Waals surface area contributed by atoms with Gasteiger partial charge in [-0.2, -0.15) is 4.98 Å². The van der Waals surface area contributed by atoms with Crippen LogP contribution in [0.4, 0.5) is 5.69 Å². The zero-order chi connectivity index (χ0) is 24.7. The molecule has 1 unspecified atom stereocenters. The molecule has 1 saturated heterocycles. The standard InChI is InChI=1S/C25H29N5O4S/c1-17-4-6-19(7-5-17)24-26-23(34-27-24)16-28-10-12-29(13-11-28)25(31)20-8-9-22-21(15-20)14-18(2)30(22)35(3,32)33/h4-9,15,18H,10-14,16H2,1-3H3. The lowest BCUT2D eigenvalue weighted by Gasteiger charge is -2.34. The number of benzene rings is 2. The lowest BCUT2D eigenvalue weighted by Crippen LogP contribution is -2.48. The third kappa shape index (κ3) is 4.81. The molecule has 3 heterocycles. The predicted molar refractivity (Wildman–Crippen MR) is 133 cm³/mol. The first-order valence-electron chi connectivity index (χ1n) is 11.7. The van der Waals surface area contributed by atoms with Gasteiger partial charge in [0.25, 0.3) is 5.91 Å². The molecular weight excluding hydrogens is 466 g/mol. The highest BCUT2D eigenvalue weighted by Gasteiger charge is 2.33. The molecule has 10 heteroatoms. The molecule has 0 aliphatic carbocycles. The van der Waals surface area contributed by atoms with Crippen LogP contribution in [0.1, 0.15) is 34.3 Å². The van der Waals surface area contributed by atoms with E-state index in [4.69, 9.17) is 4.52 Å². The zero-order valence-electron chi connectivity index (χ0n) is 20.1. The van der Waals surface area contributed by atoms with Gasteiger partial charge >= 0.3 is 0 Å². The highest BCUT2D eigenvalue weighted by Crippen LogP contribution is 2.35. The molecule has 184 valence electrons. The fraction of sp³-hybridized carbons (Fsp3) is 0.400. The third-order valence-electron chi connectivity index (χ3n) is 6.63. The number of carbonyl (C=O) groups is 1. The highest BCUT2D eigenvalue weighted by molar-refractivity contribution is 7.92. The van der Waals surface area contributed by atoms with Gasteiger partial charge in [-0.1, -0.05) is 35.0 Å². The molecule has 0 radical (unpaired) electrons. The van der Waals surface area contributed by atoms with Crippen LogP contribution in [0, 0.1) is 6.92 Å². The minimum Gasteiger partial charge on any atom is -0.338 e. The summed E-state index contributed by atoms with van der Waals surface area (Å²) in [5.41, 5.74) is 4.26. The maximum atomic E-state index is 13.1. The average molecular weight is 496 g/mol. The lowest BCUT2D eigenvalue weighted by atomic mass is 10.1. The summed E-state index contributed by atoms with van der Waals surface area (Å²) in [4.78, 5) is 21.7. The van der Waals surface area contributed by atoms with Gasteiger partial charge in [-0.15, -0.1) is 0 Å². The highest BCUT2D eigenvalue weighted by atomic mass is 32.2. The summed E-state index contributed by atoms with van der Waals surface area (Å²) in [6.45, 7) is 7.07. The maximum Gasteiger partial charge on any atom is 0.253 e. The van der Waals surface area contributed by atoms with Crippen LogP contribution >= 0.6 is 0 Å². The van der Waals surface area contributed by atoms with Crippen molar-refractivity contribution in [2.75, 3.05) is 36.7 Å². The molecule has 2 aliphatic rings. The number of aromatic nitrogens is 2. The number of hydrogen-bond donors (Lipinski definition) is 0. The van der Waals surface area contributed by atoms with Gasteiger partial charge in [-0.05, 0) is 44.0 Å². The Kier molecular flexibility index (Phi) is 6.10. The molecule has 1 aromatic heterocycles. The molecule has 1 amide bonds. The van der Waals surface area contributed by atoms with Gasteiger partial charge in [0.15, 0.2) is 0 Å². The minimum absolute atomic E-state index is 0.0302. The second-order valence-electron chi connectivity index (χ2n) is 9.40. The van der Waals surface area contributed by atoms with Crippen LogP contribution in [0.25, 0.3) is 11.4 Å². The van der Waals surface area contributed by atoms with E-state index in [-0.39, 0.29) is 11.9 Å². The molecule has 1 atom stereocenters. The number of piperazine rings is 1. The molecule has 1 fully saturated rings. The Morgan fingerprint density at radius 1 is 1.09 bits per heavy atom. The van der Waals surface area contributed by atoms with E-state index >= 15 is 0 Å². The molecule has 5 rings (SSSR count). The van der Waals surface area contributed by atoms with Crippen LogP contribution in [0.3, 0.4) is 0 Å². The van der Waals surface area contributed by atoms with Gasteiger partial charge in [-0.25, -0.2) is 8.42 Å². The Hall–Kier alpha value is -3.24. The maximum absolute atomic E-state index is 13.1. The van der Waals surface area contributed by atoms with Gasteiger partial charge in [-0.3, -0.25) is 14.0 Å². The van der Waals surface area contributed by atoms with Gasteiger partial charge < -0.3 is 9.42 Å². The Labute approximate surface area is 205 Å². The number of amides is 1. The summed E-state index contributed by atoms with van der Waals surface area (Å²) in [6.07, 6.45) is 1.82. The molecule has 0 spiro atoms. The Morgan fingerprint density at radius 3 is 2.49 bits per heavy atom. The van der Waals surface area contributed by atoms with Crippen LogP contribution < -0.4 is 4.31 Å². The predicted octanol–water partition coefficient (Wildman–Crippen LogP) is 2.71. The van der Waals surface area contributed by atoms with Gasteiger partial charge in [0.2, 0.25) is 21.7 Å². The number of nitrogens with zero attached hydrogens (tertiary/aromatic N) is 5. The van der Waals surface area contributed by atoms with Gasteiger partial charge in [0, 0.05) is 43.3 Å². The van der Waals surface area contributed by atoms with E-state index in [0.717, 1.165) is 11.1 Å². The summed E-state index contributed by atoms with van der Waals surface area (Å²) >= 11 is 0. The molecule has 35 heavy (non-hydrogen) atoms. The summed E-state index contributed by atoms with van der Waals surface area (Å²) in [5, 5.41) is 4.10. The monoisotopic (exact) mass is 495 g/mol. The average Bonchev–Trinajstić information content (AvgIpc) is 3.42. The molecular formula is C25H29N5O4S. The van der Waals surface area contributed by atoms with Crippen LogP contribution in [-0.2, 0) is 23.0 Å². The van der Waals surface area contributed by atoms with Crippen molar-refractivity contribution in [3.63, 3.8) is 0 Å². The van der Waals surface area contributed by atoms with E-state index in [9.17, 15) is 13.2 Å². The first-order chi connectivity index (χ1) is 16.7. The van der Waals surface area contributed by atoms with E-state index in [2.05, 4.69) is 15.0 Å². The largest absolute Gasteiger partial charge is 0.338 e. The number of anilines is 1. The van der Waals surface area contributed by atoms with Crippen molar-refractivity contribution < 1.29 is 17.7 Å². The van der Waals surface area contributed by atoms with Crippen molar-refractivity contribution in [3.05, 3.63) is 65.0 Å². The van der Waals surface area contributed by atoms with E-state index in [1.165, 1.54) is 16.1 Å².